The van der Waals surface area contributed by atoms with Gasteiger partial charge in [-0.25, -0.2) is 0 Å². The van der Waals surface area contributed by atoms with Crippen molar-refractivity contribution < 1.29 is 14.2 Å². The Hall–Kier alpha value is -2.11. The Morgan fingerprint density at radius 1 is 1.07 bits per heavy atom. The molecular weight excluding hydrogens is 364 g/mol. The maximum absolute atomic E-state index is 6.29. The van der Waals surface area contributed by atoms with Gasteiger partial charge in [-0.3, -0.25) is 9.88 Å². The van der Waals surface area contributed by atoms with Crippen molar-refractivity contribution >= 4 is 0 Å². The zero-order chi connectivity index (χ0) is 20.3. The summed E-state index contributed by atoms with van der Waals surface area (Å²) in [6, 6.07) is 12.7. The van der Waals surface area contributed by atoms with Gasteiger partial charge in [0.05, 0.1) is 18.9 Å². The Balaban J connectivity index is 1.47. The van der Waals surface area contributed by atoms with E-state index in [9.17, 15) is 0 Å². The van der Waals surface area contributed by atoms with Crippen LogP contribution in [0, 0.1) is 11.3 Å². The Morgan fingerprint density at radius 2 is 1.83 bits per heavy atom. The highest BCUT2D eigenvalue weighted by Crippen LogP contribution is 2.36. The van der Waals surface area contributed by atoms with Crippen molar-refractivity contribution in [2.24, 2.45) is 11.3 Å². The van der Waals surface area contributed by atoms with E-state index in [1.807, 2.05) is 6.07 Å². The maximum atomic E-state index is 6.29. The van der Waals surface area contributed by atoms with Gasteiger partial charge in [0.15, 0.2) is 11.5 Å². The Morgan fingerprint density at radius 3 is 2.59 bits per heavy atom. The van der Waals surface area contributed by atoms with Gasteiger partial charge in [-0.1, -0.05) is 51.1 Å². The first-order valence-electron chi connectivity index (χ1n) is 10.6. The Kier molecular flexibility index (Phi) is 6.07. The molecule has 1 aromatic carbocycles. The third kappa shape index (κ3) is 5.09. The molecule has 0 spiro atoms. The van der Waals surface area contributed by atoms with Crippen LogP contribution in [0.1, 0.15) is 32.0 Å². The van der Waals surface area contributed by atoms with Crippen molar-refractivity contribution in [3.05, 3.63) is 53.9 Å². The zero-order valence-electron chi connectivity index (χ0n) is 17.8. The fraction of sp³-hybridized carbons (Fsp3) is 0.542. The SMILES string of the molecule is CC(C)(C)C(Cc1cc2c(cn1)OCCO2)C1CN(Cc2ccccc2)CCO1. The van der Waals surface area contributed by atoms with Crippen LogP contribution < -0.4 is 9.47 Å². The lowest BCUT2D eigenvalue weighted by molar-refractivity contribution is -0.0835. The van der Waals surface area contributed by atoms with Crippen molar-refractivity contribution in [3.8, 4) is 11.5 Å². The van der Waals surface area contributed by atoms with Gasteiger partial charge in [-0.05, 0) is 23.3 Å². The summed E-state index contributed by atoms with van der Waals surface area (Å²) in [5, 5.41) is 0. The van der Waals surface area contributed by atoms with E-state index in [0.29, 0.717) is 19.1 Å². The third-order valence-electron chi connectivity index (χ3n) is 5.90. The quantitative estimate of drug-likeness (QED) is 0.765. The van der Waals surface area contributed by atoms with Crippen molar-refractivity contribution in [2.45, 2.75) is 39.8 Å². The number of benzene rings is 1. The predicted octanol–water partition coefficient (Wildman–Crippen LogP) is 3.96. The lowest BCUT2D eigenvalue weighted by Crippen LogP contribution is -2.49. The molecule has 2 atom stereocenters. The number of morpholine rings is 1. The van der Waals surface area contributed by atoms with Crippen LogP contribution >= 0.6 is 0 Å². The van der Waals surface area contributed by atoms with E-state index in [-0.39, 0.29) is 11.5 Å². The highest BCUT2D eigenvalue weighted by molar-refractivity contribution is 5.40. The molecule has 2 aromatic rings. The minimum atomic E-state index is 0.107. The molecule has 0 saturated carbocycles. The molecule has 5 nitrogen and oxygen atoms in total. The number of ether oxygens (including phenoxy) is 3. The number of fused-ring (bicyclic) bond motifs is 1. The second kappa shape index (κ2) is 8.72. The number of aromatic nitrogens is 1. The second-order valence-electron chi connectivity index (χ2n) is 9.13. The number of hydrogen-bond donors (Lipinski definition) is 0. The minimum Gasteiger partial charge on any atom is -0.486 e. The molecule has 0 bridgehead atoms. The van der Waals surface area contributed by atoms with Gasteiger partial charge >= 0.3 is 0 Å². The van der Waals surface area contributed by atoms with Gasteiger partial charge < -0.3 is 14.2 Å². The van der Waals surface area contributed by atoms with E-state index in [1.165, 1.54) is 5.56 Å². The molecule has 5 heteroatoms. The molecule has 0 aliphatic carbocycles. The van der Waals surface area contributed by atoms with Gasteiger partial charge in [0.1, 0.15) is 13.2 Å². The lowest BCUT2D eigenvalue weighted by Gasteiger charge is -2.42. The standard InChI is InChI=1S/C24H32N2O3/c1-24(2,3)20(13-19-14-21-22(15-25-19)29-12-11-28-21)23-17-26(9-10-27-23)16-18-7-5-4-6-8-18/h4-8,14-15,20,23H,9-13,16-17H2,1-3H3. The van der Waals surface area contributed by atoms with Crippen LogP contribution in [-0.2, 0) is 17.7 Å². The first-order chi connectivity index (χ1) is 14.0. The Labute approximate surface area is 174 Å². The van der Waals surface area contributed by atoms with Gasteiger partial charge in [0.25, 0.3) is 0 Å². The van der Waals surface area contributed by atoms with E-state index in [1.54, 1.807) is 6.20 Å². The third-order valence-corrected chi connectivity index (χ3v) is 5.90. The van der Waals surface area contributed by atoms with Crippen molar-refractivity contribution in [1.29, 1.82) is 0 Å². The number of nitrogens with zero attached hydrogens (tertiary/aromatic N) is 2. The van der Waals surface area contributed by atoms with Gasteiger partial charge in [-0.15, -0.1) is 0 Å². The molecular formula is C24H32N2O3. The average Bonchev–Trinajstić information content (AvgIpc) is 2.72. The molecule has 0 radical (unpaired) electrons. The molecule has 4 rings (SSSR count). The van der Waals surface area contributed by atoms with Crippen LogP contribution in [0.25, 0.3) is 0 Å². The number of hydrogen-bond acceptors (Lipinski definition) is 5. The van der Waals surface area contributed by atoms with Crippen LogP contribution in [0.15, 0.2) is 42.6 Å². The fourth-order valence-corrected chi connectivity index (χ4v) is 4.28. The molecule has 29 heavy (non-hydrogen) atoms. The topological polar surface area (TPSA) is 43.8 Å². The van der Waals surface area contributed by atoms with Gasteiger partial charge in [0, 0.05) is 31.4 Å². The second-order valence-corrected chi connectivity index (χ2v) is 9.13. The first kappa shape index (κ1) is 20.2. The fourth-order valence-electron chi connectivity index (χ4n) is 4.28. The summed E-state index contributed by atoms with van der Waals surface area (Å²) in [6.45, 7) is 11.8. The van der Waals surface area contributed by atoms with E-state index >= 15 is 0 Å². The molecule has 1 aromatic heterocycles. The molecule has 2 aliphatic heterocycles. The molecule has 156 valence electrons. The zero-order valence-corrected chi connectivity index (χ0v) is 17.8. The van der Waals surface area contributed by atoms with Crippen LogP contribution in [0.2, 0.25) is 0 Å². The maximum Gasteiger partial charge on any atom is 0.179 e. The molecule has 2 unspecified atom stereocenters. The molecule has 2 aliphatic rings. The normalized spacial score (nSPS) is 21.0. The van der Waals surface area contributed by atoms with Crippen molar-refractivity contribution in [1.82, 2.24) is 9.88 Å². The van der Waals surface area contributed by atoms with Crippen LogP contribution in [0.5, 0.6) is 11.5 Å². The van der Waals surface area contributed by atoms with Gasteiger partial charge in [0.2, 0.25) is 0 Å². The molecule has 1 fully saturated rings. The molecule has 0 N–H and O–H groups in total. The minimum absolute atomic E-state index is 0.107. The summed E-state index contributed by atoms with van der Waals surface area (Å²) in [4.78, 5) is 7.17. The summed E-state index contributed by atoms with van der Waals surface area (Å²) >= 11 is 0. The largest absolute Gasteiger partial charge is 0.486 e. The highest BCUT2D eigenvalue weighted by Gasteiger charge is 2.36. The monoisotopic (exact) mass is 396 g/mol. The Bertz CT molecular complexity index is 804. The van der Waals surface area contributed by atoms with Crippen LogP contribution in [-0.4, -0.2) is 48.9 Å². The summed E-state index contributed by atoms with van der Waals surface area (Å²) in [6.07, 6.45) is 2.85. The summed E-state index contributed by atoms with van der Waals surface area (Å²) < 4.78 is 17.7. The van der Waals surface area contributed by atoms with E-state index in [0.717, 1.165) is 49.9 Å². The number of rotatable bonds is 5. The van der Waals surface area contributed by atoms with E-state index in [4.69, 9.17) is 14.2 Å². The predicted molar refractivity (Wildman–Crippen MR) is 113 cm³/mol. The average molecular weight is 397 g/mol. The molecule has 0 amide bonds. The summed E-state index contributed by atoms with van der Waals surface area (Å²) in [7, 11) is 0. The van der Waals surface area contributed by atoms with E-state index < -0.39 is 0 Å². The molecule has 3 heterocycles. The van der Waals surface area contributed by atoms with E-state index in [2.05, 4.69) is 61.0 Å². The van der Waals surface area contributed by atoms with Crippen LogP contribution in [0.3, 0.4) is 0 Å². The lowest BCUT2D eigenvalue weighted by atomic mass is 9.74. The molecule has 1 saturated heterocycles. The smallest absolute Gasteiger partial charge is 0.179 e. The van der Waals surface area contributed by atoms with Crippen LogP contribution in [0.4, 0.5) is 0 Å². The van der Waals surface area contributed by atoms with Gasteiger partial charge in [-0.2, -0.15) is 0 Å². The van der Waals surface area contributed by atoms with Crippen molar-refractivity contribution in [3.63, 3.8) is 0 Å². The first-order valence-corrected chi connectivity index (χ1v) is 10.6. The highest BCUT2D eigenvalue weighted by atomic mass is 16.6. The summed E-state index contributed by atoms with van der Waals surface area (Å²) in [5.41, 5.74) is 2.50. The summed E-state index contributed by atoms with van der Waals surface area (Å²) in [5.74, 6) is 1.91. The number of pyridine rings is 1. The van der Waals surface area contributed by atoms with Crippen molar-refractivity contribution in [2.75, 3.05) is 32.9 Å².